The van der Waals surface area contributed by atoms with Crippen LogP contribution in [0.3, 0.4) is 0 Å². The van der Waals surface area contributed by atoms with Gasteiger partial charge in [0.2, 0.25) is 5.82 Å². The maximum absolute atomic E-state index is 15.1. The Morgan fingerprint density at radius 3 is 2.53 bits per heavy atom. The number of piperazine rings is 1. The van der Waals surface area contributed by atoms with E-state index in [0.717, 1.165) is 24.5 Å². The van der Waals surface area contributed by atoms with Gasteiger partial charge < -0.3 is 24.6 Å². The summed E-state index contributed by atoms with van der Waals surface area (Å²) in [5.74, 6) is -4.75. The van der Waals surface area contributed by atoms with Crippen LogP contribution in [0.2, 0.25) is 0 Å². The Morgan fingerprint density at radius 1 is 1.11 bits per heavy atom. The molecule has 2 fully saturated rings. The van der Waals surface area contributed by atoms with Gasteiger partial charge >= 0.3 is 12.7 Å². The number of aromatic nitrogens is 3. The summed E-state index contributed by atoms with van der Waals surface area (Å²) >= 11 is 0. The van der Waals surface area contributed by atoms with Crippen LogP contribution in [-0.4, -0.2) is 63.3 Å². The number of rotatable bonds is 5. The zero-order valence-electron chi connectivity index (χ0n) is 20.5. The molecule has 3 aromatic rings. The summed E-state index contributed by atoms with van der Waals surface area (Å²) in [6.07, 6.45) is 1.26. The van der Waals surface area contributed by atoms with E-state index >= 15 is 4.39 Å². The van der Waals surface area contributed by atoms with Gasteiger partial charge in [0.25, 0.3) is 0 Å². The fourth-order valence-electron chi connectivity index (χ4n) is 4.66. The number of hydrogen-bond acceptors (Lipinski definition) is 8. The van der Waals surface area contributed by atoms with Crippen LogP contribution < -0.4 is 15.0 Å². The first-order valence-corrected chi connectivity index (χ1v) is 11.7. The highest BCUT2D eigenvalue weighted by Gasteiger charge is 2.47. The number of halogens is 5. The van der Waals surface area contributed by atoms with E-state index < -0.39 is 47.2 Å². The molecule has 0 aliphatic carbocycles. The molecule has 202 valence electrons. The van der Waals surface area contributed by atoms with Crippen LogP contribution in [0.5, 0.6) is 5.75 Å². The first-order valence-electron chi connectivity index (χ1n) is 11.7. The Kier molecular flexibility index (Phi) is 6.35. The largest absolute Gasteiger partial charge is 0.444 e. The number of benzene rings is 1. The van der Waals surface area contributed by atoms with Crippen molar-refractivity contribution in [3.63, 3.8) is 0 Å². The van der Waals surface area contributed by atoms with E-state index in [1.54, 1.807) is 30.6 Å². The predicted molar refractivity (Wildman–Crippen MR) is 126 cm³/mol. The molecule has 1 N–H and O–H groups in total. The first-order chi connectivity index (χ1) is 17.9. The average Bonchev–Trinajstić information content (AvgIpc) is 3.43. The van der Waals surface area contributed by atoms with Gasteiger partial charge in [0.15, 0.2) is 29.0 Å². The summed E-state index contributed by atoms with van der Waals surface area (Å²) in [6.45, 7) is 2.65. The number of hydrogen-bond donors (Lipinski definition) is 1. The van der Waals surface area contributed by atoms with Gasteiger partial charge in [0.05, 0.1) is 23.3 Å². The highest BCUT2D eigenvalue weighted by molar-refractivity contribution is 5.88. The molecule has 2 saturated heterocycles. The van der Waals surface area contributed by atoms with Crippen molar-refractivity contribution in [2.24, 2.45) is 0 Å². The third-order valence-corrected chi connectivity index (χ3v) is 6.20. The fraction of sp³-hybridized carbons (Fsp3) is 0.417. The molecule has 0 radical (unpaired) electrons. The van der Waals surface area contributed by atoms with Crippen LogP contribution in [0.4, 0.5) is 44.1 Å². The molecule has 1 amide bonds. The molecule has 1 aromatic carbocycles. The Bertz CT molecular complexity index is 1400. The molecular formula is C24H23F5N6O3. The van der Waals surface area contributed by atoms with Gasteiger partial charge in [-0.05, 0) is 39.3 Å². The van der Waals surface area contributed by atoms with Gasteiger partial charge in [-0.15, -0.1) is 0 Å². The second-order valence-electron chi connectivity index (χ2n) is 9.95. The monoisotopic (exact) mass is 538 g/mol. The average molecular weight is 538 g/mol. The molecule has 0 saturated carbocycles. The zero-order chi connectivity index (χ0) is 27.4. The standard InChI is InChI=1S/C24H23F5N6O3/c1-24(2,3)38-23(36)35-9-11-6-12(35)8-34(11)21-13(25)7-15-19(33-21)20(31-10-30-15)32-14-4-5-16(37-22(28)29)18(27)17(14)26/h4-5,7,10-12,22H,6,8-9H2,1-3H3,(H,30,31,32)/t11-,12-/m0/s1. The second-order valence-corrected chi connectivity index (χ2v) is 9.95. The van der Waals surface area contributed by atoms with Crippen molar-refractivity contribution in [1.82, 2.24) is 19.9 Å². The quantitative estimate of drug-likeness (QED) is 0.455. The number of likely N-dealkylation sites (tertiary alicyclic amines) is 1. The maximum Gasteiger partial charge on any atom is 0.410 e. The Labute approximate surface area is 213 Å². The minimum absolute atomic E-state index is 0.000905. The van der Waals surface area contributed by atoms with Crippen LogP contribution in [0.1, 0.15) is 27.2 Å². The number of amides is 1. The predicted octanol–water partition coefficient (Wildman–Crippen LogP) is 4.99. The molecule has 2 aliphatic heterocycles. The lowest BCUT2D eigenvalue weighted by molar-refractivity contribution is -0.0525. The first kappa shape index (κ1) is 25.7. The molecule has 0 unspecified atom stereocenters. The maximum atomic E-state index is 15.1. The molecule has 2 aromatic heterocycles. The van der Waals surface area contributed by atoms with E-state index in [9.17, 15) is 22.4 Å². The fourth-order valence-corrected chi connectivity index (χ4v) is 4.66. The van der Waals surface area contributed by atoms with E-state index in [1.165, 1.54) is 0 Å². The SMILES string of the molecule is CC(C)(C)OC(=O)N1C[C@@H]2C[C@H]1CN2c1nc2c(Nc3ccc(OC(F)F)c(F)c3F)ncnc2cc1F. The van der Waals surface area contributed by atoms with Crippen molar-refractivity contribution >= 4 is 34.4 Å². The van der Waals surface area contributed by atoms with E-state index in [2.05, 4.69) is 25.0 Å². The van der Waals surface area contributed by atoms with Crippen molar-refractivity contribution < 1.29 is 36.2 Å². The van der Waals surface area contributed by atoms with Gasteiger partial charge in [-0.2, -0.15) is 13.2 Å². The number of ether oxygens (including phenoxy) is 2. The van der Waals surface area contributed by atoms with Crippen molar-refractivity contribution in [2.75, 3.05) is 23.3 Å². The van der Waals surface area contributed by atoms with Crippen LogP contribution in [-0.2, 0) is 4.74 Å². The van der Waals surface area contributed by atoms with Gasteiger partial charge in [-0.3, -0.25) is 0 Å². The molecule has 9 nitrogen and oxygen atoms in total. The van der Waals surface area contributed by atoms with E-state index in [0.29, 0.717) is 19.5 Å². The molecule has 2 atom stereocenters. The van der Waals surface area contributed by atoms with Crippen molar-refractivity contribution in [1.29, 1.82) is 0 Å². The lowest BCUT2D eigenvalue weighted by Crippen LogP contribution is -2.50. The van der Waals surface area contributed by atoms with E-state index in [1.807, 2.05) is 0 Å². The molecular weight excluding hydrogens is 515 g/mol. The summed E-state index contributed by atoms with van der Waals surface area (Å²) < 4.78 is 78.2. The molecule has 2 bridgehead atoms. The summed E-state index contributed by atoms with van der Waals surface area (Å²) in [5.41, 5.74) is -0.900. The summed E-state index contributed by atoms with van der Waals surface area (Å²) in [4.78, 5) is 28.3. The topological polar surface area (TPSA) is 92.7 Å². The third-order valence-electron chi connectivity index (χ3n) is 6.20. The van der Waals surface area contributed by atoms with Crippen LogP contribution in [0, 0.1) is 17.5 Å². The lowest BCUT2D eigenvalue weighted by atomic mass is 10.2. The minimum Gasteiger partial charge on any atom is -0.444 e. The highest BCUT2D eigenvalue weighted by atomic mass is 19.3. The molecule has 4 heterocycles. The summed E-state index contributed by atoms with van der Waals surface area (Å²) in [6, 6.07) is 2.59. The molecule has 2 aliphatic rings. The van der Waals surface area contributed by atoms with E-state index in [4.69, 9.17) is 4.74 Å². The Hall–Kier alpha value is -3.97. The van der Waals surface area contributed by atoms with Crippen molar-refractivity contribution in [3.8, 4) is 5.75 Å². The smallest absolute Gasteiger partial charge is 0.410 e. The molecule has 0 spiro atoms. The Morgan fingerprint density at radius 2 is 1.87 bits per heavy atom. The minimum atomic E-state index is -3.33. The number of pyridine rings is 1. The van der Waals surface area contributed by atoms with Crippen LogP contribution in [0.15, 0.2) is 24.5 Å². The normalized spacial score (nSPS) is 19.0. The number of nitrogens with zero attached hydrogens (tertiary/aromatic N) is 5. The van der Waals surface area contributed by atoms with E-state index in [-0.39, 0.29) is 34.8 Å². The number of alkyl halides is 2. The van der Waals surface area contributed by atoms with Gasteiger partial charge in [-0.25, -0.2) is 28.5 Å². The van der Waals surface area contributed by atoms with Crippen molar-refractivity contribution in [3.05, 3.63) is 42.0 Å². The lowest BCUT2D eigenvalue weighted by Gasteiger charge is -2.35. The number of nitrogens with one attached hydrogen (secondary N) is 1. The second kappa shape index (κ2) is 9.40. The summed E-state index contributed by atoms with van der Waals surface area (Å²) in [7, 11) is 0. The Balaban J connectivity index is 1.42. The number of fused-ring (bicyclic) bond motifs is 3. The van der Waals surface area contributed by atoms with Crippen molar-refractivity contribution in [2.45, 2.75) is 51.5 Å². The third kappa shape index (κ3) is 4.82. The van der Waals surface area contributed by atoms with Gasteiger partial charge in [-0.1, -0.05) is 0 Å². The molecule has 14 heteroatoms. The number of carbonyl (C=O) groups is 1. The summed E-state index contributed by atoms with van der Waals surface area (Å²) in [5, 5.41) is 2.57. The zero-order valence-corrected chi connectivity index (χ0v) is 20.5. The van der Waals surface area contributed by atoms with Crippen LogP contribution in [0.25, 0.3) is 11.0 Å². The van der Waals surface area contributed by atoms with Gasteiger partial charge in [0.1, 0.15) is 17.4 Å². The highest BCUT2D eigenvalue weighted by Crippen LogP contribution is 2.37. The van der Waals surface area contributed by atoms with Crippen LogP contribution >= 0.6 is 0 Å². The van der Waals surface area contributed by atoms with Gasteiger partial charge in [0, 0.05) is 19.2 Å². The molecule has 5 rings (SSSR count). The molecule has 38 heavy (non-hydrogen) atoms. The number of anilines is 3. The number of carbonyl (C=O) groups excluding carboxylic acids is 1.